The molecule has 176 valence electrons. The second-order valence-electron chi connectivity index (χ2n) is 8.57. The normalized spacial score (nSPS) is 17.8. The van der Waals surface area contributed by atoms with Crippen molar-refractivity contribution in [2.45, 2.75) is 32.7 Å². The highest BCUT2D eigenvalue weighted by molar-refractivity contribution is 6.46. The van der Waals surface area contributed by atoms with E-state index in [0.717, 1.165) is 29.7 Å². The van der Waals surface area contributed by atoms with E-state index < -0.39 is 17.7 Å². The van der Waals surface area contributed by atoms with Gasteiger partial charge in [0.2, 0.25) is 0 Å². The van der Waals surface area contributed by atoms with Crippen molar-refractivity contribution in [3.8, 4) is 5.75 Å². The molecule has 1 aliphatic rings. The number of halogens is 1. The van der Waals surface area contributed by atoms with E-state index in [0.29, 0.717) is 23.6 Å². The van der Waals surface area contributed by atoms with Crippen molar-refractivity contribution in [1.82, 2.24) is 9.80 Å². The fourth-order valence-electron chi connectivity index (χ4n) is 4.21. The molecule has 33 heavy (non-hydrogen) atoms. The number of aryl methyl sites for hydroxylation is 2. The van der Waals surface area contributed by atoms with Crippen LogP contribution in [0, 0.1) is 6.92 Å². The first-order chi connectivity index (χ1) is 15.7. The molecule has 2 aromatic carbocycles. The minimum Gasteiger partial charge on any atom is -0.507 e. The highest BCUT2D eigenvalue weighted by atomic mass is 35.5. The molecule has 0 saturated carbocycles. The summed E-state index contributed by atoms with van der Waals surface area (Å²) in [5.41, 5.74) is 3.07. The number of ketones is 1. The average molecular weight is 471 g/mol. The first-order valence-electron chi connectivity index (χ1n) is 11.1. The number of ether oxygens (including phenoxy) is 1. The van der Waals surface area contributed by atoms with Gasteiger partial charge >= 0.3 is 0 Å². The number of Topliss-reactive ketones (excluding diaryl/α,β-unsaturated/α-hetero) is 1. The molecule has 6 nitrogen and oxygen atoms in total. The minimum absolute atomic E-state index is 0.0501. The number of aliphatic hydroxyl groups is 1. The predicted molar refractivity (Wildman–Crippen MR) is 131 cm³/mol. The number of nitrogens with zero attached hydrogens (tertiary/aromatic N) is 2. The number of amides is 1. The van der Waals surface area contributed by atoms with Crippen molar-refractivity contribution in [3.05, 3.63) is 69.2 Å². The Bertz CT molecular complexity index is 1080. The zero-order chi connectivity index (χ0) is 24.3. The Labute approximate surface area is 200 Å². The summed E-state index contributed by atoms with van der Waals surface area (Å²) in [6.07, 6.45) is 1.57. The SMILES string of the molecule is CCc1ccc(C2/C(=C(\O)c3cc(C)cc(Cl)c3OC)C(=O)C(=O)N2CCCN(C)C)cc1. The van der Waals surface area contributed by atoms with Crippen LogP contribution in [0.15, 0.2) is 42.0 Å². The number of rotatable bonds is 8. The lowest BCUT2D eigenvalue weighted by atomic mass is 9.93. The average Bonchev–Trinajstić information content (AvgIpc) is 3.03. The van der Waals surface area contributed by atoms with Gasteiger partial charge in [0.25, 0.3) is 11.7 Å². The highest BCUT2D eigenvalue weighted by Gasteiger charge is 2.46. The third-order valence-corrected chi connectivity index (χ3v) is 6.18. The number of aliphatic hydroxyl groups excluding tert-OH is 1. The fourth-order valence-corrected chi connectivity index (χ4v) is 4.56. The fraction of sp³-hybridized carbons (Fsp3) is 0.385. The zero-order valence-electron chi connectivity index (χ0n) is 19.8. The highest BCUT2D eigenvalue weighted by Crippen LogP contribution is 2.42. The molecule has 0 radical (unpaired) electrons. The number of hydrogen-bond acceptors (Lipinski definition) is 5. The van der Waals surface area contributed by atoms with E-state index in [9.17, 15) is 14.7 Å². The van der Waals surface area contributed by atoms with Gasteiger partial charge in [-0.1, -0.05) is 42.8 Å². The summed E-state index contributed by atoms with van der Waals surface area (Å²) in [6, 6.07) is 10.5. The van der Waals surface area contributed by atoms with E-state index in [1.807, 2.05) is 50.2 Å². The molecular weight excluding hydrogens is 440 g/mol. The quantitative estimate of drug-likeness (QED) is 0.347. The molecule has 1 saturated heterocycles. The number of carbonyl (C=O) groups excluding carboxylic acids is 2. The smallest absolute Gasteiger partial charge is 0.295 e. The molecule has 1 fully saturated rings. The van der Waals surface area contributed by atoms with Crippen molar-refractivity contribution < 1.29 is 19.4 Å². The molecule has 2 aromatic rings. The number of likely N-dealkylation sites (tertiary alicyclic amines) is 1. The van der Waals surface area contributed by atoms with Crippen LogP contribution in [0.4, 0.5) is 0 Å². The Morgan fingerprint density at radius 2 is 1.85 bits per heavy atom. The van der Waals surface area contributed by atoms with Crippen LogP contribution in [0.2, 0.25) is 5.02 Å². The Kier molecular flexibility index (Phi) is 7.82. The van der Waals surface area contributed by atoms with Gasteiger partial charge in [-0.05, 0) is 69.2 Å². The van der Waals surface area contributed by atoms with Gasteiger partial charge < -0.3 is 19.6 Å². The first-order valence-corrected chi connectivity index (χ1v) is 11.4. The molecule has 3 rings (SSSR count). The van der Waals surface area contributed by atoms with Crippen LogP contribution in [-0.4, -0.2) is 60.9 Å². The topological polar surface area (TPSA) is 70.1 Å². The van der Waals surface area contributed by atoms with E-state index in [4.69, 9.17) is 16.3 Å². The second-order valence-corrected chi connectivity index (χ2v) is 8.98. The molecule has 1 unspecified atom stereocenters. The van der Waals surface area contributed by atoms with Crippen LogP contribution < -0.4 is 4.74 Å². The largest absolute Gasteiger partial charge is 0.507 e. The van der Waals surface area contributed by atoms with Gasteiger partial charge in [-0.3, -0.25) is 9.59 Å². The van der Waals surface area contributed by atoms with Crippen LogP contribution in [-0.2, 0) is 16.0 Å². The van der Waals surface area contributed by atoms with Gasteiger partial charge in [0.15, 0.2) is 0 Å². The van der Waals surface area contributed by atoms with Crippen LogP contribution >= 0.6 is 11.6 Å². The molecule has 1 amide bonds. The minimum atomic E-state index is -0.707. The summed E-state index contributed by atoms with van der Waals surface area (Å²) >= 11 is 6.34. The Balaban J connectivity index is 2.18. The summed E-state index contributed by atoms with van der Waals surface area (Å²) in [5, 5.41) is 11.7. The first kappa shape index (κ1) is 24.8. The van der Waals surface area contributed by atoms with Crippen molar-refractivity contribution in [2.24, 2.45) is 0 Å². The standard InChI is InChI=1S/C26H31ClN2O4/c1-6-17-8-10-18(11-9-17)22-21(24(31)26(32)29(22)13-7-12-28(3)4)23(30)19-14-16(2)15-20(27)25(19)33-5/h8-11,14-15,22,30H,6-7,12-13H2,1-5H3/b23-21+. The van der Waals surface area contributed by atoms with Gasteiger partial charge in [0.1, 0.15) is 11.5 Å². The van der Waals surface area contributed by atoms with Crippen molar-refractivity contribution in [2.75, 3.05) is 34.3 Å². The Morgan fingerprint density at radius 1 is 1.18 bits per heavy atom. The maximum atomic E-state index is 13.2. The third-order valence-electron chi connectivity index (χ3n) is 5.90. The van der Waals surface area contributed by atoms with E-state index in [-0.39, 0.29) is 17.1 Å². The number of hydrogen-bond donors (Lipinski definition) is 1. The molecule has 1 aliphatic heterocycles. The molecule has 0 bridgehead atoms. The van der Waals surface area contributed by atoms with Crippen LogP contribution in [0.25, 0.3) is 5.76 Å². The van der Waals surface area contributed by atoms with Crippen LogP contribution in [0.5, 0.6) is 5.75 Å². The summed E-state index contributed by atoms with van der Waals surface area (Å²) in [4.78, 5) is 29.9. The number of carbonyl (C=O) groups is 2. The summed E-state index contributed by atoms with van der Waals surface area (Å²) in [6.45, 7) is 5.07. The second kappa shape index (κ2) is 10.4. The molecule has 0 aromatic heterocycles. The Morgan fingerprint density at radius 3 is 2.42 bits per heavy atom. The molecule has 0 aliphatic carbocycles. The predicted octanol–water partition coefficient (Wildman–Crippen LogP) is 4.59. The molecule has 7 heteroatoms. The number of methoxy groups -OCH3 is 1. The van der Waals surface area contributed by atoms with Crippen LogP contribution in [0.1, 0.15) is 41.6 Å². The lowest BCUT2D eigenvalue weighted by Crippen LogP contribution is -2.32. The van der Waals surface area contributed by atoms with Crippen molar-refractivity contribution in [1.29, 1.82) is 0 Å². The Hall–Kier alpha value is -2.83. The molecule has 1 N–H and O–H groups in total. The number of benzene rings is 2. The van der Waals surface area contributed by atoms with Gasteiger partial charge in [0, 0.05) is 6.54 Å². The van der Waals surface area contributed by atoms with Crippen LogP contribution in [0.3, 0.4) is 0 Å². The molecule has 0 spiro atoms. The summed E-state index contributed by atoms with van der Waals surface area (Å²) < 4.78 is 5.42. The lowest BCUT2D eigenvalue weighted by Gasteiger charge is -2.26. The summed E-state index contributed by atoms with van der Waals surface area (Å²) in [5.74, 6) is -1.34. The molecule has 1 atom stereocenters. The maximum Gasteiger partial charge on any atom is 0.295 e. The van der Waals surface area contributed by atoms with Crippen molar-refractivity contribution >= 4 is 29.1 Å². The van der Waals surface area contributed by atoms with E-state index in [1.165, 1.54) is 7.11 Å². The van der Waals surface area contributed by atoms with E-state index >= 15 is 0 Å². The maximum absolute atomic E-state index is 13.2. The van der Waals surface area contributed by atoms with Gasteiger partial charge in [-0.25, -0.2) is 0 Å². The molecular formula is C26H31ClN2O4. The monoisotopic (exact) mass is 470 g/mol. The molecule has 1 heterocycles. The van der Waals surface area contributed by atoms with Gasteiger partial charge in [-0.15, -0.1) is 0 Å². The van der Waals surface area contributed by atoms with Crippen molar-refractivity contribution in [3.63, 3.8) is 0 Å². The van der Waals surface area contributed by atoms with E-state index in [1.54, 1.807) is 17.0 Å². The lowest BCUT2D eigenvalue weighted by molar-refractivity contribution is -0.139. The zero-order valence-corrected chi connectivity index (χ0v) is 20.6. The van der Waals surface area contributed by atoms with E-state index in [2.05, 4.69) is 6.92 Å². The van der Waals surface area contributed by atoms with Gasteiger partial charge in [-0.2, -0.15) is 0 Å². The third kappa shape index (κ3) is 5.07. The summed E-state index contributed by atoms with van der Waals surface area (Å²) in [7, 11) is 5.37. The van der Waals surface area contributed by atoms with Gasteiger partial charge in [0.05, 0.1) is 29.3 Å².